The molecule has 3 heterocycles. The molecule has 0 radical (unpaired) electrons. The van der Waals surface area contributed by atoms with Crippen molar-refractivity contribution in [1.82, 2.24) is 20.1 Å². The molecule has 31 heavy (non-hydrogen) atoms. The molecular weight excluding hydrogens is 416 g/mol. The molecule has 1 aromatic carbocycles. The number of carbonyl (C=O) groups excluding carboxylic acids is 1. The molecule has 9 heteroatoms. The first-order valence-electron chi connectivity index (χ1n) is 10.3. The van der Waals surface area contributed by atoms with Crippen LogP contribution in [0, 0.1) is 5.92 Å². The zero-order valence-electron chi connectivity index (χ0n) is 17.8. The van der Waals surface area contributed by atoms with Crippen molar-refractivity contribution in [2.75, 3.05) is 19.0 Å². The van der Waals surface area contributed by atoms with Crippen LogP contribution >= 0.6 is 11.8 Å². The average molecular weight is 443 g/mol. The minimum Gasteiger partial charge on any atom is -0.490 e. The van der Waals surface area contributed by atoms with Gasteiger partial charge >= 0.3 is 0 Å². The lowest BCUT2D eigenvalue weighted by molar-refractivity contribution is -0.119. The van der Waals surface area contributed by atoms with Gasteiger partial charge in [0.15, 0.2) is 28.2 Å². The Morgan fingerprint density at radius 1 is 1.19 bits per heavy atom. The molecule has 3 aromatic rings. The summed E-state index contributed by atoms with van der Waals surface area (Å²) in [5.41, 5.74) is 0.997. The van der Waals surface area contributed by atoms with Crippen LogP contribution in [0.5, 0.6) is 11.5 Å². The fourth-order valence-corrected chi connectivity index (χ4v) is 4.14. The van der Waals surface area contributed by atoms with Gasteiger partial charge in [0.2, 0.25) is 5.91 Å². The Bertz CT molecular complexity index is 1030. The molecule has 0 aliphatic carbocycles. The number of furan rings is 1. The van der Waals surface area contributed by atoms with Gasteiger partial charge in [0.05, 0.1) is 31.3 Å². The first kappa shape index (κ1) is 21.3. The van der Waals surface area contributed by atoms with Gasteiger partial charge in [-0.3, -0.25) is 4.79 Å². The predicted octanol–water partition coefficient (Wildman–Crippen LogP) is 3.84. The van der Waals surface area contributed by atoms with Gasteiger partial charge in [-0.15, -0.1) is 10.2 Å². The highest BCUT2D eigenvalue weighted by molar-refractivity contribution is 7.99. The second-order valence-electron chi connectivity index (χ2n) is 7.68. The lowest BCUT2D eigenvalue weighted by atomic mass is 9.95. The molecule has 1 amide bonds. The minimum absolute atomic E-state index is 0.0710. The number of thioether (sulfide) groups is 1. The first-order chi connectivity index (χ1) is 15.0. The SMILES string of the molecule is CC(C)[C@H](NC(=O)CSc1nnc(-c2ccco2)n1C)c1ccc2c(c1)OCCCO2. The molecule has 0 bridgehead atoms. The number of hydrogen-bond acceptors (Lipinski definition) is 7. The number of fused-ring (bicyclic) bond motifs is 1. The van der Waals surface area contributed by atoms with Crippen LogP contribution in [-0.4, -0.2) is 39.6 Å². The van der Waals surface area contributed by atoms with Gasteiger partial charge in [0, 0.05) is 13.5 Å². The minimum atomic E-state index is -0.136. The van der Waals surface area contributed by atoms with E-state index in [1.54, 1.807) is 12.3 Å². The predicted molar refractivity (Wildman–Crippen MR) is 117 cm³/mol. The molecule has 2 aromatic heterocycles. The summed E-state index contributed by atoms with van der Waals surface area (Å²) in [6, 6.07) is 9.37. The lowest BCUT2D eigenvalue weighted by Gasteiger charge is -2.23. The summed E-state index contributed by atoms with van der Waals surface area (Å²) >= 11 is 1.34. The number of hydrogen-bond donors (Lipinski definition) is 1. The van der Waals surface area contributed by atoms with Crippen LogP contribution in [-0.2, 0) is 11.8 Å². The maximum Gasteiger partial charge on any atom is 0.230 e. The lowest BCUT2D eigenvalue weighted by Crippen LogP contribution is -2.33. The van der Waals surface area contributed by atoms with E-state index < -0.39 is 0 Å². The molecule has 1 N–H and O–H groups in total. The van der Waals surface area contributed by atoms with E-state index in [0.29, 0.717) is 30.0 Å². The van der Waals surface area contributed by atoms with E-state index in [-0.39, 0.29) is 23.6 Å². The van der Waals surface area contributed by atoms with Crippen molar-refractivity contribution in [2.24, 2.45) is 13.0 Å². The molecule has 0 spiro atoms. The van der Waals surface area contributed by atoms with E-state index in [9.17, 15) is 4.79 Å². The number of nitrogens with one attached hydrogen (secondary N) is 1. The highest BCUT2D eigenvalue weighted by Crippen LogP contribution is 2.34. The van der Waals surface area contributed by atoms with E-state index in [1.165, 1.54) is 11.8 Å². The fraction of sp³-hybridized carbons (Fsp3) is 0.409. The zero-order chi connectivity index (χ0) is 21.8. The molecule has 0 unspecified atom stereocenters. The Balaban J connectivity index is 1.41. The van der Waals surface area contributed by atoms with Crippen LogP contribution < -0.4 is 14.8 Å². The molecule has 0 fully saturated rings. The van der Waals surface area contributed by atoms with Gasteiger partial charge in [-0.2, -0.15) is 0 Å². The molecular formula is C22H26N4O4S. The zero-order valence-corrected chi connectivity index (χ0v) is 18.6. The summed E-state index contributed by atoms with van der Waals surface area (Å²) < 4.78 is 18.7. The van der Waals surface area contributed by atoms with E-state index >= 15 is 0 Å². The maximum atomic E-state index is 12.7. The van der Waals surface area contributed by atoms with Gasteiger partial charge < -0.3 is 23.8 Å². The summed E-state index contributed by atoms with van der Waals surface area (Å²) in [5, 5.41) is 12.1. The van der Waals surface area contributed by atoms with Gasteiger partial charge in [-0.1, -0.05) is 31.7 Å². The molecule has 8 nitrogen and oxygen atoms in total. The van der Waals surface area contributed by atoms with E-state index in [0.717, 1.165) is 23.5 Å². The van der Waals surface area contributed by atoms with Crippen molar-refractivity contribution in [1.29, 1.82) is 0 Å². The molecule has 1 aliphatic heterocycles. The number of nitrogens with zero attached hydrogens (tertiary/aromatic N) is 3. The first-order valence-corrected chi connectivity index (χ1v) is 11.3. The molecule has 0 saturated carbocycles. The molecule has 1 atom stereocenters. The summed E-state index contributed by atoms with van der Waals surface area (Å²) in [4.78, 5) is 12.7. The fourth-order valence-electron chi connectivity index (χ4n) is 3.41. The van der Waals surface area contributed by atoms with Crippen LogP contribution in [0.2, 0.25) is 0 Å². The molecule has 164 valence electrons. The number of benzene rings is 1. The smallest absolute Gasteiger partial charge is 0.230 e. The van der Waals surface area contributed by atoms with Crippen molar-refractivity contribution in [3.8, 4) is 23.1 Å². The Morgan fingerprint density at radius 2 is 2.00 bits per heavy atom. The second-order valence-corrected chi connectivity index (χ2v) is 8.62. The van der Waals surface area contributed by atoms with Crippen LogP contribution in [0.3, 0.4) is 0 Å². The summed E-state index contributed by atoms with van der Waals surface area (Å²) in [5.74, 6) is 3.12. The largest absolute Gasteiger partial charge is 0.490 e. The summed E-state index contributed by atoms with van der Waals surface area (Å²) in [6.07, 6.45) is 2.45. The van der Waals surface area contributed by atoms with Crippen molar-refractivity contribution >= 4 is 17.7 Å². The van der Waals surface area contributed by atoms with Gasteiger partial charge in [0.25, 0.3) is 0 Å². The Kier molecular flexibility index (Phi) is 6.50. The number of carbonyl (C=O) groups is 1. The monoisotopic (exact) mass is 442 g/mol. The van der Waals surface area contributed by atoms with E-state index in [1.807, 2.05) is 35.9 Å². The van der Waals surface area contributed by atoms with Gasteiger partial charge in [0.1, 0.15) is 0 Å². The number of aromatic nitrogens is 3. The van der Waals surface area contributed by atoms with Crippen LogP contribution in [0.1, 0.15) is 31.9 Å². The van der Waals surface area contributed by atoms with Gasteiger partial charge in [-0.25, -0.2) is 0 Å². The van der Waals surface area contributed by atoms with Crippen LogP contribution in [0.4, 0.5) is 0 Å². The highest BCUT2D eigenvalue weighted by atomic mass is 32.2. The van der Waals surface area contributed by atoms with E-state index in [2.05, 4.69) is 29.4 Å². The van der Waals surface area contributed by atoms with Crippen LogP contribution in [0.25, 0.3) is 11.6 Å². The van der Waals surface area contributed by atoms with Crippen molar-refractivity contribution in [3.05, 3.63) is 42.2 Å². The molecule has 1 aliphatic rings. The van der Waals surface area contributed by atoms with Crippen molar-refractivity contribution in [2.45, 2.75) is 31.5 Å². The molecule has 0 saturated heterocycles. The van der Waals surface area contributed by atoms with Crippen LogP contribution in [0.15, 0.2) is 46.2 Å². The van der Waals surface area contributed by atoms with Gasteiger partial charge in [-0.05, 0) is 35.7 Å². The molecule has 4 rings (SSSR count). The Morgan fingerprint density at radius 3 is 2.74 bits per heavy atom. The number of amides is 1. The highest BCUT2D eigenvalue weighted by Gasteiger charge is 2.22. The van der Waals surface area contributed by atoms with E-state index in [4.69, 9.17) is 13.9 Å². The quantitative estimate of drug-likeness (QED) is 0.556. The second kappa shape index (κ2) is 9.47. The third-order valence-electron chi connectivity index (χ3n) is 5.02. The normalized spacial score (nSPS) is 14.3. The van der Waals surface area contributed by atoms with Crippen molar-refractivity contribution < 1.29 is 18.7 Å². The number of rotatable bonds is 7. The van der Waals surface area contributed by atoms with Crippen molar-refractivity contribution in [3.63, 3.8) is 0 Å². The number of ether oxygens (including phenoxy) is 2. The third-order valence-corrected chi connectivity index (χ3v) is 6.04. The summed E-state index contributed by atoms with van der Waals surface area (Å²) in [7, 11) is 1.85. The third kappa shape index (κ3) is 4.87. The topological polar surface area (TPSA) is 91.4 Å². The Labute approximate surface area is 185 Å². The standard InChI is InChI=1S/C22H26N4O4S/c1-14(2)20(15-7-8-16-18(12-15)30-11-5-10-28-16)23-19(27)13-31-22-25-24-21(26(22)3)17-6-4-9-29-17/h4,6-9,12,14,20H,5,10-11,13H2,1-3H3,(H,23,27)/t20-/m0/s1. The maximum absolute atomic E-state index is 12.7. The summed E-state index contributed by atoms with van der Waals surface area (Å²) in [6.45, 7) is 5.44. The Hall–Kier alpha value is -2.94. The average Bonchev–Trinajstić information content (AvgIpc) is 3.34.